The van der Waals surface area contributed by atoms with Crippen LogP contribution in [0.4, 0.5) is 5.69 Å². The van der Waals surface area contributed by atoms with Crippen molar-refractivity contribution in [3.63, 3.8) is 0 Å². The quantitative estimate of drug-likeness (QED) is 0.564. The molecule has 1 atom stereocenters. The molecule has 1 unspecified atom stereocenters. The molecule has 2 aromatic carbocycles. The standard InChI is InChI=1S/C22H21Cl2N3O4/c1-13-20(22(30)27(26(13)3)15-8-5-4-6-9-15)25-21(29)14(2)31-19(28)12-16-17(23)10-7-11-18(16)24/h4-11,14H,12H2,1-3H3,(H,25,29). The third-order valence-corrected chi connectivity index (χ3v) is 5.57. The van der Waals surface area contributed by atoms with E-state index in [1.165, 1.54) is 11.6 Å². The molecular weight excluding hydrogens is 441 g/mol. The summed E-state index contributed by atoms with van der Waals surface area (Å²) in [5.41, 5.74) is 1.38. The van der Waals surface area contributed by atoms with Crippen LogP contribution in [-0.2, 0) is 27.8 Å². The van der Waals surface area contributed by atoms with Gasteiger partial charge in [0.2, 0.25) is 0 Å². The predicted octanol–water partition coefficient (Wildman–Crippen LogP) is 3.90. The number of aromatic nitrogens is 2. The number of benzene rings is 2. The Labute approximate surface area is 189 Å². The number of esters is 1. The third-order valence-electron chi connectivity index (χ3n) is 4.86. The lowest BCUT2D eigenvalue weighted by Gasteiger charge is -2.14. The maximum absolute atomic E-state index is 12.9. The predicted molar refractivity (Wildman–Crippen MR) is 120 cm³/mol. The summed E-state index contributed by atoms with van der Waals surface area (Å²) in [6.07, 6.45) is -1.31. The molecule has 9 heteroatoms. The van der Waals surface area contributed by atoms with Gasteiger partial charge in [0.05, 0.1) is 17.8 Å². The minimum atomic E-state index is -1.13. The highest BCUT2D eigenvalue weighted by molar-refractivity contribution is 6.36. The molecular formula is C22H21Cl2N3O4. The van der Waals surface area contributed by atoms with Gasteiger partial charge in [-0.05, 0) is 38.1 Å². The molecule has 0 aliphatic heterocycles. The molecule has 0 fully saturated rings. The molecule has 162 valence electrons. The lowest BCUT2D eigenvalue weighted by atomic mass is 10.1. The van der Waals surface area contributed by atoms with Crippen molar-refractivity contribution in [2.75, 3.05) is 5.32 Å². The zero-order valence-corrected chi connectivity index (χ0v) is 18.7. The van der Waals surface area contributed by atoms with E-state index in [1.54, 1.807) is 49.0 Å². The largest absolute Gasteiger partial charge is 0.452 e. The maximum Gasteiger partial charge on any atom is 0.311 e. The summed E-state index contributed by atoms with van der Waals surface area (Å²) in [5.74, 6) is -1.28. The molecule has 0 saturated carbocycles. The molecule has 1 N–H and O–H groups in total. The van der Waals surface area contributed by atoms with E-state index in [4.69, 9.17) is 27.9 Å². The molecule has 0 radical (unpaired) electrons. The Kier molecular flexibility index (Phi) is 6.87. The highest BCUT2D eigenvalue weighted by Crippen LogP contribution is 2.25. The van der Waals surface area contributed by atoms with E-state index in [2.05, 4.69) is 5.32 Å². The maximum atomic E-state index is 12.9. The number of rotatable bonds is 6. The Bertz CT molecular complexity index is 1170. The fourth-order valence-electron chi connectivity index (χ4n) is 3.08. The molecule has 0 saturated heterocycles. The number of halogens is 2. The summed E-state index contributed by atoms with van der Waals surface area (Å²) in [6, 6.07) is 13.9. The first-order valence-corrected chi connectivity index (χ1v) is 10.2. The van der Waals surface area contributed by atoms with Crippen molar-refractivity contribution in [3.8, 4) is 5.69 Å². The van der Waals surface area contributed by atoms with E-state index < -0.39 is 18.0 Å². The Balaban J connectivity index is 1.73. The number of carbonyl (C=O) groups excluding carboxylic acids is 2. The second-order valence-corrected chi connectivity index (χ2v) is 7.75. The van der Waals surface area contributed by atoms with Gasteiger partial charge in [-0.2, -0.15) is 0 Å². The number of carbonyl (C=O) groups is 2. The minimum absolute atomic E-state index is 0.119. The summed E-state index contributed by atoms with van der Waals surface area (Å²) < 4.78 is 8.30. The highest BCUT2D eigenvalue weighted by atomic mass is 35.5. The van der Waals surface area contributed by atoms with E-state index in [0.717, 1.165) is 0 Å². The number of amides is 1. The average molecular weight is 462 g/mol. The van der Waals surface area contributed by atoms with Crippen molar-refractivity contribution in [1.82, 2.24) is 9.36 Å². The molecule has 1 heterocycles. The van der Waals surface area contributed by atoms with Gasteiger partial charge in [0, 0.05) is 22.7 Å². The summed E-state index contributed by atoms with van der Waals surface area (Å²) in [6.45, 7) is 3.14. The number of ether oxygens (including phenoxy) is 1. The molecule has 3 aromatic rings. The van der Waals surface area contributed by atoms with Crippen LogP contribution in [0.15, 0.2) is 53.3 Å². The number of anilines is 1. The van der Waals surface area contributed by atoms with E-state index in [1.807, 2.05) is 18.2 Å². The third kappa shape index (κ3) is 4.84. The van der Waals surface area contributed by atoms with Gasteiger partial charge >= 0.3 is 5.97 Å². The van der Waals surface area contributed by atoms with Crippen LogP contribution in [0.5, 0.6) is 0 Å². The first kappa shape index (κ1) is 22.7. The minimum Gasteiger partial charge on any atom is -0.452 e. The van der Waals surface area contributed by atoms with Crippen LogP contribution in [0, 0.1) is 6.92 Å². The normalized spacial score (nSPS) is 11.8. The second-order valence-electron chi connectivity index (χ2n) is 6.93. The Morgan fingerprint density at radius 1 is 1.06 bits per heavy atom. The SMILES string of the molecule is Cc1c(NC(=O)C(C)OC(=O)Cc2c(Cl)cccc2Cl)c(=O)n(-c2ccccc2)n1C. The highest BCUT2D eigenvalue weighted by Gasteiger charge is 2.23. The van der Waals surface area contributed by atoms with Gasteiger partial charge in [0.25, 0.3) is 11.5 Å². The van der Waals surface area contributed by atoms with E-state index in [-0.39, 0.29) is 17.7 Å². The van der Waals surface area contributed by atoms with Crippen molar-refractivity contribution in [2.24, 2.45) is 7.05 Å². The zero-order valence-electron chi connectivity index (χ0n) is 17.2. The summed E-state index contributed by atoms with van der Waals surface area (Å²) in [5, 5.41) is 3.25. The van der Waals surface area contributed by atoms with Gasteiger partial charge in [-0.25, -0.2) is 4.68 Å². The van der Waals surface area contributed by atoms with Crippen molar-refractivity contribution >= 4 is 40.8 Å². The van der Waals surface area contributed by atoms with Crippen molar-refractivity contribution in [2.45, 2.75) is 26.4 Å². The lowest BCUT2D eigenvalue weighted by molar-refractivity contribution is -0.152. The fraction of sp³-hybridized carbons (Fsp3) is 0.227. The number of nitrogens with zero attached hydrogens (tertiary/aromatic N) is 2. The molecule has 1 amide bonds. The summed E-state index contributed by atoms with van der Waals surface area (Å²) >= 11 is 12.1. The smallest absolute Gasteiger partial charge is 0.311 e. The fourth-order valence-corrected chi connectivity index (χ4v) is 3.61. The van der Waals surface area contributed by atoms with Gasteiger partial charge in [-0.15, -0.1) is 0 Å². The topological polar surface area (TPSA) is 82.3 Å². The van der Waals surface area contributed by atoms with Crippen molar-refractivity contribution in [1.29, 1.82) is 0 Å². The molecule has 0 aliphatic rings. The van der Waals surface area contributed by atoms with Crippen LogP contribution in [0.25, 0.3) is 5.69 Å². The van der Waals surface area contributed by atoms with Crippen molar-refractivity contribution < 1.29 is 14.3 Å². The van der Waals surface area contributed by atoms with Crippen LogP contribution in [0.2, 0.25) is 10.0 Å². The molecule has 0 aliphatic carbocycles. The Morgan fingerprint density at radius 3 is 2.29 bits per heavy atom. The molecule has 0 spiro atoms. The molecule has 0 bridgehead atoms. The monoisotopic (exact) mass is 461 g/mol. The summed E-state index contributed by atoms with van der Waals surface area (Å²) in [7, 11) is 1.72. The Hall–Kier alpha value is -3.03. The lowest BCUT2D eigenvalue weighted by Crippen LogP contribution is -2.32. The van der Waals surface area contributed by atoms with E-state index in [0.29, 0.717) is 27.0 Å². The van der Waals surface area contributed by atoms with Gasteiger partial charge in [-0.1, -0.05) is 47.5 Å². The number of para-hydroxylation sites is 1. The number of hydrogen-bond acceptors (Lipinski definition) is 4. The van der Waals surface area contributed by atoms with Crippen LogP contribution >= 0.6 is 23.2 Å². The van der Waals surface area contributed by atoms with E-state index >= 15 is 0 Å². The van der Waals surface area contributed by atoms with Gasteiger partial charge in [0.15, 0.2) is 6.10 Å². The van der Waals surface area contributed by atoms with E-state index in [9.17, 15) is 14.4 Å². The Morgan fingerprint density at radius 2 is 1.68 bits per heavy atom. The van der Waals surface area contributed by atoms with Crippen LogP contribution in [0.1, 0.15) is 18.2 Å². The number of nitrogens with one attached hydrogen (secondary N) is 1. The molecule has 31 heavy (non-hydrogen) atoms. The van der Waals surface area contributed by atoms with Crippen LogP contribution in [0.3, 0.4) is 0 Å². The molecule has 7 nitrogen and oxygen atoms in total. The second kappa shape index (κ2) is 9.41. The molecule has 1 aromatic heterocycles. The molecule has 3 rings (SSSR count). The number of hydrogen-bond donors (Lipinski definition) is 1. The van der Waals surface area contributed by atoms with Crippen molar-refractivity contribution in [3.05, 3.63) is 80.2 Å². The van der Waals surface area contributed by atoms with Crippen LogP contribution in [-0.4, -0.2) is 27.3 Å². The van der Waals surface area contributed by atoms with Crippen LogP contribution < -0.4 is 10.9 Å². The van der Waals surface area contributed by atoms with Gasteiger partial charge in [-0.3, -0.25) is 19.1 Å². The average Bonchev–Trinajstić information content (AvgIpc) is 2.94. The first-order chi connectivity index (χ1) is 14.7. The van der Waals surface area contributed by atoms with Gasteiger partial charge < -0.3 is 10.1 Å². The van der Waals surface area contributed by atoms with Gasteiger partial charge in [0.1, 0.15) is 5.69 Å². The summed E-state index contributed by atoms with van der Waals surface area (Å²) in [4.78, 5) is 37.8. The first-order valence-electron chi connectivity index (χ1n) is 9.48. The zero-order chi connectivity index (χ0) is 22.7.